The second-order valence-electron chi connectivity index (χ2n) is 5.42. The minimum absolute atomic E-state index is 1.11. The number of rotatable bonds is 1. The van der Waals surface area contributed by atoms with Crippen molar-refractivity contribution in [3.8, 4) is 0 Å². The zero-order chi connectivity index (χ0) is 11.8. The third-order valence-corrected chi connectivity index (χ3v) is 3.94. The van der Waals surface area contributed by atoms with E-state index in [-0.39, 0.29) is 0 Å². The SMILES string of the molecule is CN1CCN(c2ccc3c(c2)CN(C)C3)CC1. The largest absolute Gasteiger partial charge is 0.369 e. The molecule has 3 nitrogen and oxygen atoms in total. The van der Waals surface area contributed by atoms with E-state index in [1.165, 1.54) is 29.9 Å². The van der Waals surface area contributed by atoms with Crippen molar-refractivity contribution in [2.24, 2.45) is 0 Å². The molecule has 3 heteroatoms. The first-order valence-corrected chi connectivity index (χ1v) is 6.46. The fraction of sp³-hybridized carbons (Fsp3) is 0.571. The van der Waals surface area contributed by atoms with Crippen LogP contribution in [0.5, 0.6) is 0 Å². The van der Waals surface area contributed by atoms with Gasteiger partial charge in [-0.1, -0.05) is 6.07 Å². The van der Waals surface area contributed by atoms with Gasteiger partial charge in [0.05, 0.1) is 0 Å². The van der Waals surface area contributed by atoms with Gasteiger partial charge in [-0.2, -0.15) is 0 Å². The van der Waals surface area contributed by atoms with Crippen molar-refractivity contribution in [3.63, 3.8) is 0 Å². The van der Waals surface area contributed by atoms with E-state index in [2.05, 4.69) is 47.0 Å². The second kappa shape index (κ2) is 4.31. The van der Waals surface area contributed by atoms with E-state index in [0.29, 0.717) is 0 Å². The summed E-state index contributed by atoms with van der Waals surface area (Å²) in [5.74, 6) is 0. The maximum atomic E-state index is 2.51. The second-order valence-corrected chi connectivity index (χ2v) is 5.42. The Kier molecular flexibility index (Phi) is 2.81. The summed E-state index contributed by atoms with van der Waals surface area (Å²) in [6, 6.07) is 7.00. The molecule has 2 aliphatic rings. The number of nitrogens with zero attached hydrogens (tertiary/aromatic N) is 3. The Morgan fingerprint density at radius 3 is 2.29 bits per heavy atom. The Labute approximate surface area is 104 Å². The molecule has 3 rings (SSSR count). The molecule has 0 aromatic heterocycles. The van der Waals surface area contributed by atoms with Crippen LogP contribution in [0.2, 0.25) is 0 Å². The molecule has 0 saturated carbocycles. The standard InChI is InChI=1S/C14H21N3/c1-15-5-7-17(8-6-15)14-4-3-12-10-16(2)11-13(12)9-14/h3-4,9H,5-8,10-11H2,1-2H3. The van der Waals surface area contributed by atoms with Crippen LogP contribution in [0.3, 0.4) is 0 Å². The molecule has 0 bridgehead atoms. The van der Waals surface area contributed by atoms with Gasteiger partial charge >= 0.3 is 0 Å². The molecule has 0 unspecified atom stereocenters. The van der Waals surface area contributed by atoms with Crippen molar-refractivity contribution in [3.05, 3.63) is 29.3 Å². The molecule has 1 fully saturated rings. The molecule has 0 spiro atoms. The molecule has 2 heterocycles. The van der Waals surface area contributed by atoms with Crippen molar-refractivity contribution >= 4 is 5.69 Å². The molecule has 2 aliphatic heterocycles. The molecule has 0 amide bonds. The summed E-state index contributed by atoms with van der Waals surface area (Å²) in [6.45, 7) is 6.89. The lowest BCUT2D eigenvalue weighted by molar-refractivity contribution is 0.313. The molecule has 1 aromatic rings. The van der Waals surface area contributed by atoms with Crippen LogP contribution in [0.4, 0.5) is 5.69 Å². The molecule has 0 N–H and O–H groups in total. The molecular formula is C14H21N3. The first-order valence-electron chi connectivity index (χ1n) is 6.46. The van der Waals surface area contributed by atoms with Crippen molar-refractivity contribution < 1.29 is 0 Å². The number of hydrogen-bond donors (Lipinski definition) is 0. The van der Waals surface area contributed by atoms with E-state index in [1.807, 2.05) is 0 Å². The van der Waals surface area contributed by atoms with Crippen LogP contribution < -0.4 is 4.90 Å². The number of likely N-dealkylation sites (N-methyl/N-ethyl adjacent to an activating group) is 1. The topological polar surface area (TPSA) is 9.72 Å². The van der Waals surface area contributed by atoms with Gasteiger partial charge in [0.1, 0.15) is 0 Å². The molecule has 17 heavy (non-hydrogen) atoms. The quantitative estimate of drug-likeness (QED) is 0.723. The predicted octanol–water partition coefficient (Wildman–Crippen LogP) is 1.38. The van der Waals surface area contributed by atoms with Gasteiger partial charge in [0.25, 0.3) is 0 Å². The lowest BCUT2D eigenvalue weighted by Crippen LogP contribution is -2.44. The van der Waals surface area contributed by atoms with Gasteiger partial charge in [0.15, 0.2) is 0 Å². The molecule has 1 aromatic carbocycles. The molecule has 0 radical (unpaired) electrons. The summed E-state index contributed by atoms with van der Waals surface area (Å²) in [4.78, 5) is 7.29. The van der Waals surface area contributed by atoms with Crippen LogP contribution in [-0.4, -0.2) is 50.1 Å². The smallest absolute Gasteiger partial charge is 0.0370 e. The van der Waals surface area contributed by atoms with Crippen LogP contribution in [0.25, 0.3) is 0 Å². The van der Waals surface area contributed by atoms with Crippen LogP contribution in [0, 0.1) is 0 Å². The van der Waals surface area contributed by atoms with Gasteiger partial charge in [-0.25, -0.2) is 0 Å². The first-order chi connectivity index (χ1) is 8.22. The number of anilines is 1. The Balaban J connectivity index is 1.78. The first kappa shape index (κ1) is 11.1. The van der Waals surface area contributed by atoms with Crippen LogP contribution in [0.1, 0.15) is 11.1 Å². The van der Waals surface area contributed by atoms with E-state index >= 15 is 0 Å². The number of hydrogen-bond acceptors (Lipinski definition) is 3. The zero-order valence-corrected chi connectivity index (χ0v) is 10.8. The predicted molar refractivity (Wildman–Crippen MR) is 71.3 cm³/mol. The molecule has 92 valence electrons. The van der Waals surface area contributed by atoms with E-state index < -0.39 is 0 Å². The highest BCUT2D eigenvalue weighted by atomic mass is 15.2. The number of fused-ring (bicyclic) bond motifs is 1. The highest BCUT2D eigenvalue weighted by molar-refractivity contribution is 5.52. The molecular weight excluding hydrogens is 210 g/mol. The minimum atomic E-state index is 1.11. The highest BCUT2D eigenvalue weighted by Gasteiger charge is 2.19. The van der Waals surface area contributed by atoms with Gasteiger partial charge in [0.2, 0.25) is 0 Å². The summed E-state index contributed by atoms with van der Waals surface area (Å²) >= 11 is 0. The number of benzene rings is 1. The normalized spacial score (nSPS) is 21.9. The zero-order valence-electron chi connectivity index (χ0n) is 10.8. The Morgan fingerprint density at radius 2 is 1.53 bits per heavy atom. The lowest BCUT2D eigenvalue weighted by Gasteiger charge is -2.34. The van der Waals surface area contributed by atoms with Crippen LogP contribution in [-0.2, 0) is 13.1 Å². The molecule has 1 saturated heterocycles. The lowest BCUT2D eigenvalue weighted by atomic mass is 10.1. The third kappa shape index (κ3) is 2.17. The summed E-state index contributed by atoms with van der Waals surface area (Å²) in [5.41, 5.74) is 4.43. The van der Waals surface area contributed by atoms with Gasteiger partial charge in [-0.05, 0) is 37.4 Å². The van der Waals surface area contributed by atoms with Crippen LogP contribution >= 0.6 is 0 Å². The number of piperazine rings is 1. The van der Waals surface area contributed by atoms with E-state index in [9.17, 15) is 0 Å². The van der Waals surface area contributed by atoms with Crippen molar-refractivity contribution in [1.82, 2.24) is 9.80 Å². The highest BCUT2D eigenvalue weighted by Crippen LogP contribution is 2.26. The monoisotopic (exact) mass is 231 g/mol. The van der Waals surface area contributed by atoms with E-state index in [4.69, 9.17) is 0 Å². The third-order valence-electron chi connectivity index (χ3n) is 3.94. The summed E-state index contributed by atoms with van der Waals surface area (Å²) in [7, 11) is 4.39. The van der Waals surface area contributed by atoms with Gasteiger partial charge in [-0.15, -0.1) is 0 Å². The molecule has 0 atom stereocenters. The Morgan fingerprint density at radius 1 is 0.824 bits per heavy atom. The maximum Gasteiger partial charge on any atom is 0.0370 e. The van der Waals surface area contributed by atoms with E-state index in [1.54, 1.807) is 0 Å². The minimum Gasteiger partial charge on any atom is -0.369 e. The van der Waals surface area contributed by atoms with Gasteiger partial charge < -0.3 is 9.80 Å². The van der Waals surface area contributed by atoms with Crippen LogP contribution in [0.15, 0.2) is 18.2 Å². The maximum absolute atomic E-state index is 2.51. The average Bonchev–Trinajstić information content (AvgIpc) is 2.69. The van der Waals surface area contributed by atoms with Gasteiger partial charge in [-0.3, -0.25) is 4.90 Å². The summed E-state index contributed by atoms with van der Waals surface area (Å²) < 4.78 is 0. The summed E-state index contributed by atoms with van der Waals surface area (Å²) in [6.07, 6.45) is 0. The fourth-order valence-corrected chi connectivity index (χ4v) is 2.81. The Bertz CT molecular complexity index is 408. The van der Waals surface area contributed by atoms with Crippen molar-refractivity contribution in [2.75, 3.05) is 45.2 Å². The Hall–Kier alpha value is -1.06. The van der Waals surface area contributed by atoms with Gasteiger partial charge in [0, 0.05) is 45.0 Å². The van der Waals surface area contributed by atoms with Crippen molar-refractivity contribution in [1.29, 1.82) is 0 Å². The van der Waals surface area contributed by atoms with E-state index in [0.717, 1.165) is 26.2 Å². The average molecular weight is 231 g/mol. The van der Waals surface area contributed by atoms with Crippen molar-refractivity contribution in [2.45, 2.75) is 13.1 Å². The molecule has 0 aliphatic carbocycles. The summed E-state index contributed by atoms with van der Waals surface area (Å²) in [5, 5.41) is 0. The fourth-order valence-electron chi connectivity index (χ4n) is 2.81.